The lowest BCUT2D eigenvalue weighted by molar-refractivity contribution is 0.256. The van der Waals surface area contributed by atoms with Crippen molar-refractivity contribution in [2.24, 2.45) is 5.92 Å². The maximum absolute atomic E-state index is 6.44. The molecule has 156 valence electrons. The third-order valence-electron chi connectivity index (χ3n) is 7.94. The van der Waals surface area contributed by atoms with E-state index in [1.54, 1.807) is 16.3 Å². The Morgan fingerprint density at radius 1 is 0.714 bits per heavy atom. The minimum atomic E-state index is -0.589. The van der Waals surface area contributed by atoms with E-state index in [9.17, 15) is 0 Å². The zero-order valence-electron chi connectivity index (χ0n) is 18.1. The van der Waals surface area contributed by atoms with Crippen LogP contribution in [0.3, 0.4) is 0 Å². The molecule has 1 aromatic carbocycles. The smallest absolute Gasteiger partial charge is 0.192 e. The van der Waals surface area contributed by atoms with Crippen molar-refractivity contribution in [3.8, 4) is 0 Å². The fourth-order valence-electron chi connectivity index (χ4n) is 6.33. The van der Waals surface area contributed by atoms with Crippen molar-refractivity contribution in [3.05, 3.63) is 29.3 Å². The van der Waals surface area contributed by atoms with Gasteiger partial charge in [-0.3, -0.25) is 0 Å². The number of rotatable bonds is 7. The van der Waals surface area contributed by atoms with Crippen LogP contribution in [0.15, 0.2) is 18.2 Å². The Bertz CT molecular complexity index is 580. The Hall–Kier alpha value is -0.603. The van der Waals surface area contributed by atoms with Crippen molar-refractivity contribution >= 4 is 14.9 Å². The van der Waals surface area contributed by atoms with E-state index in [4.69, 9.17) is 4.43 Å². The molecular formula is C26H42OSi. The van der Waals surface area contributed by atoms with E-state index < -0.39 is 9.76 Å². The van der Waals surface area contributed by atoms with E-state index in [-0.39, 0.29) is 0 Å². The Morgan fingerprint density at radius 2 is 1.32 bits per heavy atom. The first-order chi connectivity index (χ1) is 13.9. The Morgan fingerprint density at radius 3 is 2.00 bits per heavy atom. The normalized spacial score (nSPS) is 23.6. The third kappa shape index (κ3) is 5.51. The largest absolute Gasteiger partial charge is 0.419 e. The maximum atomic E-state index is 6.44. The first-order valence-corrected chi connectivity index (χ1v) is 13.9. The lowest BCUT2D eigenvalue weighted by atomic mass is 9.76. The molecule has 28 heavy (non-hydrogen) atoms. The summed E-state index contributed by atoms with van der Waals surface area (Å²) in [4.78, 5) is 0. The van der Waals surface area contributed by atoms with Crippen LogP contribution in [-0.2, 0) is 4.43 Å². The van der Waals surface area contributed by atoms with Crippen LogP contribution in [-0.4, -0.2) is 16.4 Å². The van der Waals surface area contributed by atoms with Crippen LogP contribution in [0.25, 0.3) is 0 Å². The van der Waals surface area contributed by atoms with Gasteiger partial charge < -0.3 is 4.43 Å². The first-order valence-electron chi connectivity index (χ1n) is 12.6. The monoisotopic (exact) mass is 398 g/mol. The van der Waals surface area contributed by atoms with Crippen LogP contribution in [0.1, 0.15) is 126 Å². The van der Waals surface area contributed by atoms with Gasteiger partial charge in [-0.25, -0.2) is 0 Å². The molecule has 0 saturated heterocycles. The SMILES string of the molecule is c1cc([SiH2]OCCC2CCCCC2)c(C2CCCCC2)c(C2CCCCC2)c1. The van der Waals surface area contributed by atoms with Crippen LogP contribution in [0, 0.1) is 5.92 Å². The second kappa shape index (κ2) is 11.0. The van der Waals surface area contributed by atoms with E-state index in [0.29, 0.717) is 0 Å². The van der Waals surface area contributed by atoms with E-state index in [1.165, 1.54) is 103 Å². The molecule has 1 nitrogen and oxygen atoms in total. The first kappa shape index (κ1) is 20.7. The van der Waals surface area contributed by atoms with Gasteiger partial charge in [0, 0.05) is 6.61 Å². The summed E-state index contributed by atoms with van der Waals surface area (Å²) in [5.41, 5.74) is 3.53. The molecule has 3 aliphatic carbocycles. The fraction of sp³-hybridized carbons (Fsp3) is 0.769. The third-order valence-corrected chi connectivity index (χ3v) is 9.36. The van der Waals surface area contributed by atoms with Crippen molar-refractivity contribution < 1.29 is 4.43 Å². The molecule has 3 saturated carbocycles. The van der Waals surface area contributed by atoms with Crippen molar-refractivity contribution in [2.45, 2.75) is 115 Å². The minimum Gasteiger partial charge on any atom is -0.419 e. The van der Waals surface area contributed by atoms with Crippen LogP contribution in [0.4, 0.5) is 0 Å². The predicted molar refractivity (Wildman–Crippen MR) is 123 cm³/mol. The molecule has 0 aromatic heterocycles. The lowest BCUT2D eigenvalue weighted by Gasteiger charge is -2.31. The van der Waals surface area contributed by atoms with Crippen molar-refractivity contribution in [1.29, 1.82) is 0 Å². The molecule has 0 radical (unpaired) electrons. The van der Waals surface area contributed by atoms with Crippen molar-refractivity contribution in [3.63, 3.8) is 0 Å². The Kier molecular flexibility index (Phi) is 8.09. The molecular weight excluding hydrogens is 356 g/mol. The highest BCUT2D eigenvalue weighted by molar-refractivity contribution is 6.47. The summed E-state index contributed by atoms with van der Waals surface area (Å²) in [6.45, 7) is 1.02. The summed E-state index contributed by atoms with van der Waals surface area (Å²) in [6.07, 6.45) is 22.9. The maximum Gasteiger partial charge on any atom is 0.192 e. The van der Waals surface area contributed by atoms with Gasteiger partial charge in [-0.1, -0.05) is 88.8 Å². The molecule has 0 N–H and O–H groups in total. The summed E-state index contributed by atoms with van der Waals surface area (Å²) in [7, 11) is -0.589. The molecule has 0 aliphatic heterocycles. The Labute approximate surface area is 176 Å². The van der Waals surface area contributed by atoms with Crippen molar-refractivity contribution in [2.75, 3.05) is 6.61 Å². The molecule has 0 unspecified atom stereocenters. The summed E-state index contributed by atoms with van der Waals surface area (Å²) in [6, 6.07) is 7.31. The fourth-order valence-corrected chi connectivity index (χ4v) is 7.74. The summed E-state index contributed by atoms with van der Waals surface area (Å²) < 4.78 is 6.44. The number of hydrogen-bond donors (Lipinski definition) is 0. The standard InChI is InChI=1S/C26H42OSi/c1-4-11-21(12-5-1)19-20-27-28-25-18-10-17-24(22-13-6-2-7-14-22)26(25)23-15-8-3-9-16-23/h10,17-18,21-23H,1-9,11-16,19-20,28H2. The summed E-state index contributed by atoms with van der Waals surface area (Å²) >= 11 is 0. The average Bonchev–Trinajstić information content (AvgIpc) is 2.78. The molecule has 0 amide bonds. The van der Waals surface area contributed by atoms with Gasteiger partial charge in [0.05, 0.1) is 0 Å². The number of benzene rings is 1. The molecule has 0 heterocycles. The molecule has 3 aliphatic rings. The molecule has 2 heteroatoms. The van der Waals surface area contributed by atoms with Gasteiger partial charge in [0.1, 0.15) is 0 Å². The van der Waals surface area contributed by atoms with Gasteiger partial charge in [0.2, 0.25) is 0 Å². The zero-order chi connectivity index (χ0) is 19.0. The lowest BCUT2D eigenvalue weighted by Crippen LogP contribution is -2.28. The van der Waals surface area contributed by atoms with Crippen LogP contribution < -0.4 is 5.19 Å². The number of hydrogen-bond acceptors (Lipinski definition) is 1. The predicted octanol–water partition coefficient (Wildman–Crippen LogP) is 6.48. The quantitative estimate of drug-likeness (QED) is 0.377. The molecule has 4 rings (SSSR count). The van der Waals surface area contributed by atoms with Gasteiger partial charge >= 0.3 is 0 Å². The van der Waals surface area contributed by atoms with Gasteiger partial charge in [-0.2, -0.15) is 0 Å². The molecule has 0 atom stereocenters. The molecule has 3 fully saturated rings. The van der Waals surface area contributed by atoms with Crippen LogP contribution in [0.2, 0.25) is 0 Å². The van der Waals surface area contributed by atoms with Gasteiger partial charge in [-0.15, -0.1) is 0 Å². The van der Waals surface area contributed by atoms with Gasteiger partial charge in [0.15, 0.2) is 9.76 Å². The van der Waals surface area contributed by atoms with Crippen molar-refractivity contribution in [1.82, 2.24) is 0 Å². The van der Waals surface area contributed by atoms with Gasteiger partial charge in [0.25, 0.3) is 0 Å². The van der Waals surface area contributed by atoms with E-state index in [2.05, 4.69) is 18.2 Å². The summed E-state index contributed by atoms with van der Waals surface area (Å²) in [5, 5.41) is 1.67. The van der Waals surface area contributed by atoms with E-state index in [1.807, 2.05) is 0 Å². The molecule has 1 aromatic rings. The highest BCUT2D eigenvalue weighted by atomic mass is 28.2. The summed E-state index contributed by atoms with van der Waals surface area (Å²) in [5.74, 6) is 2.62. The highest BCUT2D eigenvalue weighted by Gasteiger charge is 2.26. The highest BCUT2D eigenvalue weighted by Crippen LogP contribution is 2.40. The minimum absolute atomic E-state index is 0.589. The van der Waals surface area contributed by atoms with Crippen LogP contribution >= 0.6 is 0 Å². The molecule has 0 spiro atoms. The molecule has 0 bridgehead atoms. The van der Waals surface area contributed by atoms with E-state index >= 15 is 0 Å². The second-order valence-corrected chi connectivity index (χ2v) is 11.4. The van der Waals surface area contributed by atoms with Gasteiger partial charge in [-0.05, 0) is 66.2 Å². The zero-order valence-corrected chi connectivity index (χ0v) is 19.5. The average molecular weight is 399 g/mol. The topological polar surface area (TPSA) is 9.23 Å². The van der Waals surface area contributed by atoms with E-state index in [0.717, 1.165) is 24.4 Å². The second-order valence-electron chi connectivity index (χ2n) is 9.94. The Balaban J connectivity index is 1.43. The van der Waals surface area contributed by atoms with Crippen LogP contribution in [0.5, 0.6) is 0 Å².